The number of halogens is 2. The molecule has 2 rings (SSSR count). The molecule has 0 aliphatic heterocycles. The summed E-state index contributed by atoms with van der Waals surface area (Å²) < 4.78 is 12.1. The third-order valence-electron chi connectivity index (χ3n) is 4.81. The van der Waals surface area contributed by atoms with E-state index in [-0.39, 0.29) is 6.10 Å². The van der Waals surface area contributed by atoms with Gasteiger partial charge in [0.1, 0.15) is 11.5 Å². The van der Waals surface area contributed by atoms with Crippen LogP contribution in [0, 0.1) is 0 Å². The van der Waals surface area contributed by atoms with E-state index in [1.54, 1.807) is 0 Å². The van der Waals surface area contributed by atoms with Gasteiger partial charge in [-0.25, -0.2) is 0 Å². The number of rotatable bonds is 13. The van der Waals surface area contributed by atoms with Gasteiger partial charge in [0.2, 0.25) is 0 Å². The molecule has 0 aromatic heterocycles. The smallest absolute Gasteiger partial charge is 0.138 e. The van der Waals surface area contributed by atoms with Crippen molar-refractivity contribution in [2.75, 3.05) is 12.5 Å². The van der Waals surface area contributed by atoms with Crippen LogP contribution in [0.1, 0.15) is 65.2 Å². The van der Waals surface area contributed by atoms with Gasteiger partial charge in [-0.05, 0) is 68.2 Å². The van der Waals surface area contributed by atoms with Crippen molar-refractivity contribution < 1.29 is 9.47 Å². The lowest BCUT2D eigenvalue weighted by Crippen LogP contribution is -2.15. The lowest BCUT2D eigenvalue weighted by atomic mass is 10.1. The van der Waals surface area contributed by atoms with Gasteiger partial charge < -0.3 is 9.47 Å². The van der Waals surface area contributed by atoms with E-state index in [1.165, 1.54) is 19.3 Å². The predicted molar refractivity (Wildman–Crippen MR) is 118 cm³/mol. The van der Waals surface area contributed by atoms with Crippen LogP contribution in [0.3, 0.4) is 0 Å². The number of unbranched alkanes of at least 4 members (excludes halogenated alkanes) is 4. The van der Waals surface area contributed by atoms with Crippen molar-refractivity contribution in [3.05, 3.63) is 35.4 Å². The number of alkyl halides is 1. The molecular formula is C23H32Cl2O2. The first-order valence-corrected chi connectivity index (χ1v) is 11.2. The Morgan fingerprint density at radius 1 is 0.963 bits per heavy atom. The third kappa shape index (κ3) is 7.08. The molecule has 2 nitrogen and oxygen atoms in total. The summed E-state index contributed by atoms with van der Waals surface area (Å²) in [7, 11) is 0. The molecule has 0 bridgehead atoms. The zero-order valence-corrected chi connectivity index (χ0v) is 18.1. The molecule has 0 aliphatic rings. The van der Waals surface area contributed by atoms with E-state index in [9.17, 15) is 0 Å². The van der Waals surface area contributed by atoms with E-state index < -0.39 is 0 Å². The van der Waals surface area contributed by atoms with Crippen LogP contribution in [-0.2, 0) is 0 Å². The van der Waals surface area contributed by atoms with E-state index in [2.05, 4.69) is 26.0 Å². The molecule has 0 heterocycles. The van der Waals surface area contributed by atoms with Crippen LogP contribution in [0.5, 0.6) is 11.5 Å². The first-order chi connectivity index (χ1) is 13.2. The fourth-order valence-electron chi connectivity index (χ4n) is 3.15. The molecule has 2 aromatic carbocycles. The minimum Gasteiger partial charge on any atom is -0.492 e. The summed E-state index contributed by atoms with van der Waals surface area (Å²) >= 11 is 12.3. The number of fused-ring (bicyclic) bond motifs is 1. The van der Waals surface area contributed by atoms with Crippen LogP contribution < -0.4 is 9.47 Å². The average Bonchev–Trinajstić information content (AvgIpc) is 2.68. The summed E-state index contributed by atoms with van der Waals surface area (Å²) in [5, 5.41) is 2.75. The van der Waals surface area contributed by atoms with E-state index in [0.29, 0.717) is 17.5 Å². The molecule has 0 aliphatic carbocycles. The summed E-state index contributed by atoms with van der Waals surface area (Å²) in [4.78, 5) is 0. The fraction of sp³-hybridized carbons (Fsp3) is 0.565. The van der Waals surface area contributed by atoms with Crippen LogP contribution in [0.2, 0.25) is 5.02 Å². The van der Waals surface area contributed by atoms with Crippen LogP contribution in [0.4, 0.5) is 0 Å². The van der Waals surface area contributed by atoms with Gasteiger partial charge in [-0.15, -0.1) is 11.6 Å². The molecule has 1 atom stereocenters. The fourth-order valence-corrected chi connectivity index (χ4v) is 3.63. The van der Waals surface area contributed by atoms with Gasteiger partial charge >= 0.3 is 0 Å². The third-order valence-corrected chi connectivity index (χ3v) is 5.47. The summed E-state index contributed by atoms with van der Waals surface area (Å²) in [5.41, 5.74) is 0. The molecule has 0 saturated heterocycles. The van der Waals surface area contributed by atoms with Gasteiger partial charge in [-0.1, -0.05) is 44.4 Å². The molecule has 1 unspecified atom stereocenters. The van der Waals surface area contributed by atoms with Crippen LogP contribution in [-0.4, -0.2) is 18.6 Å². The second kappa shape index (κ2) is 12.4. The number of ether oxygens (including phenoxy) is 2. The normalized spacial score (nSPS) is 12.3. The minimum atomic E-state index is 0.278. The van der Waals surface area contributed by atoms with Crippen LogP contribution in [0.15, 0.2) is 30.3 Å². The van der Waals surface area contributed by atoms with Crippen molar-refractivity contribution in [2.45, 2.75) is 71.3 Å². The first kappa shape index (κ1) is 22.2. The van der Waals surface area contributed by atoms with Crippen molar-refractivity contribution in [1.29, 1.82) is 0 Å². The van der Waals surface area contributed by atoms with E-state index >= 15 is 0 Å². The van der Waals surface area contributed by atoms with Crippen molar-refractivity contribution in [1.82, 2.24) is 0 Å². The second-order valence-electron chi connectivity index (χ2n) is 7.00. The Kier molecular flexibility index (Phi) is 10.2. The predicted octanol–water partition coefficient (Wildman–Crippen LogP) is 8.02. The van der Waals surface area contributed by atoms with Crippen LogP contribution in [0.25, 0.3) is 10.8 Å². The highest BCUT2D eigenvalue weighted by atomic mass is 35.5. The highest BCUT2D eigenvalue weighted by Gasteiger charge is 2.11. The maximum Gasteiger partial charge on any atom is 0.138 e. The monoisotopic (exact) mass is 410 g/mol. The topological polar surface area (TPSA) is 18.5 Å². The number of benzene rings is 2. The summed E-state index contributed by atoms with van der Waals surface area (Å²) in [6.45, 7) is 5.08. The highest BCUT2D eigenvalue weighted by Crippen LogP contribution is 2.35. The highest BCUT2D eigenvalue weighted by molar-refractivity contribution is 6.37. The lowest BCUT2D eigenvalue weighted by molar-refractivity contribution is 0.183. The second-order valence-corrected chi connectivity index (χ2v) is 7.76. The summed E-state index contributed by atoms with van der Waals surface area (Å²) in [6, 6.07) is 10.1. The first-order valence-electron chi connectivity index (χ1n) is 10.3. The molecule has 0 radical (unpaired) electrons. The molecule has 2 aromatic rings. The standard InChI is InChI=1S/C23H32Cl2O2/c1-3-5-7-10-19(4-2)27-20-12-13-21-18(17-20)11-14-22(23(21)25)26-16-9-6-8-15-24/h11-14,17,19H,3-10,15-16H2,1-2H3. The Labute approximate surface area is 174 Å². The van der Waals surface area contributed by atoms with E-state index in [0.717, 1.165) is 54.4 Å². The molecule has 0 amide bonds. The SMILES string of the molecule is CCCCCC(CC)Oc1ccc2c(Cl)c(OCCCCCCl)ccc2c1. The summed E-state index contributed by atoms with van der Waals surface area (Å²) in [6.07, 6.45) is 9.23. The molecule has 27 heavy (non-hydrogen) atoms. The van der Waals surface area contributed by atoms with E-state index in [4.69, 9.17) is 32.7 Å². The van der Waals surface area contributed by atoms with Crippen molar-refractivity contribution >= 4 is 34.0 Å². The molecule has 4 heteroatoms. The number of hydrogen-bond donors (Lipinski definition) is 0. The maximum absolute atomic E-state index is 6.56. The Morgan fingerprint density at radius 2 is 1.81 bits per heavy atom. The Balaban J connectivity index is 2.01. The minimum absolute atomic E-state index is 0.278. The zero-order chi connectivity index (χ0) is 19.5. The van der Waals surface area contributed by atoms with Crippen molar-refractivity contribution in [3.63, 3.8) is 0 Å². The van der Waals surface area contributed by atoms with Crippen molar-refractivity contribution in [2.24, 2.45) is 0 Å². The van der Waals surface area contributed by atoms with Gasteiger partial charge in [-0.2, -0.15) is 0 Å². The quantitative estimate of drug-likeness (QED) is 0.245. The molecule has 0 fully saturated rings. The van der Waals surface area contributed by atoms with Gasteiger partial charge in [-0.3, -0.25) is 0 Å². The molecule has 0 N–H and O–H groups in total. The van der Waals surface area contributed by atoms with Gasteiger partial charge in [0, 0.05) is 11.3 Å². The Hall–Kier alpha value is -1.12. The van der Waals surface area contributed by atoms with Gasteiger partial charge in [0.05, 0.1) is 17.7 Å². The number of hydrogen-bond acceptors (Lipinski definition) is 2. The molecular weight excluding hydrogens is 379 g/mol. The molecule has 0 spiro atoms. The van der Waals surface area contributed by atoms with Crippen molar-refractivity contribution in [3.8, 4) is 11.5 Å². The van der Waals surface area contributed by atoms with Crippen LogP contribution >= 0.6 is 23.2 Å². The van der Waals surface area contributed by atoms with E-state index in [1.807, 2.05) is 18.2 Å². The van der Waals surface area contributed by atoms with Gasteiger partial charge in [0.15, 0.2) is 0 Å². The summed E-state index contributed by atoms with van der Waals surface area (Å²) in [5.74, 6) is 2.37. The maximum atomic E-state index is 6.56. The Morgan fingerprint density at radius 3 is 2.56 bits per heavy atom. The average molecular weight is 411 g/mol. The van der Waals surface area contributed by atoms with Gasteiger partial charge in [0.25, 0.3) is 0 Å². The Bertz CT molecular complexity index is 687. The molecule has 150 valence electrons. The lowest BCUT2D eigenvalue weighted by Gasteiger charge is -2.18. The zero-order valence-electron chi connectivity index (χ0n) is 16.6. The molecule has 0 saturated carbocycles. The largest absolute Gasteiger partial charge is 0.492 e.